The van der Waals surface area contributed by atoms with E-state index in [1.54, 1.807) is 41.3 Å². The SMILES string of the molecule is CCCN1CCOC(CC(=O)Nc2ccc(C(=O)OCC(=O)c3ccc(Br)cc3)cc2)C1=O. The smallest absolute Gasteiger partial charge is 0.338 e. The predicted octanol–water partition coefficient (Wildman–Crippen LogP) is 3.45. The Morgan fingerprint density at radius 2 is 1.76 bits per heavy atom. The number of nitrogens with one attached hydrogen (secondary N) is 1. The monoisotopic (exact) mass is 516 g/mol. The number of hydrogen-bond acceptors (Lipinski definition) is 6. The van der Waals surface area contributed by atoms with Crippen molar-refractivity contribution in [1.82, 2.24) is 4.90 Å². The molecule has 0 saturated carbocycles. The van der Waals surface area contributed by atoms with Gasteiger partial charge >= 0.3 is 5.97 Å². The lowest BCUT2D eigenvalue weighted by atomic mass is 10.1. The van der Waals surface area contributed by atoms with Crippen molar-refractivity contribution in [3.05, 3.63) is 64.1 Å². The van der Waals surface area contributed by atoms with Gasteiger partial charge in [-0.05, 0) is 42.8 Å². The molecule has 0 spiro atoms. The first-order valence-electron chi connectivity index (χ1n) is 10.6. The lowest BCUT2D eigenvalue weighted by molar-refractivity contribution is -0.155. The minimum atomic E-state index is -0.789. The summed E-state index contributed by atoms with van der Waals surface area (Å²) < 4.78 is 11.4. The normalized spacial score (nSPS) is 15.8. The van der Waals surface area contributed by atoms with Crippen LogP contribution >= 0.6 is 15.9 Å². The van der Waals surface area contributed by atoms with Gasteiger partial charge in [-0.3, -0.25) is 14.4 Å². The van der Waals surface area contributed by atoms with E-state index in [9.17, 15) is 19.2 Å². The van der Waals surface area contributed by atoms with E-state index in [2.05, 4.69) is 21.2 Å². The number of rotatable bonds is 9. The highest BCUT2D eigenvalue weighted by Crippen LogP contribution is 2.15. The van der Waals surface area contributed by atoms with Crippen molar-refractivity contribution in [2.24, 2.45) is 0 Å². The van der Waals surface area contributed by atoms with E-state index in [-0.39, 0.29) is 36.2 Å². The molecular weight excluding hydrogens is 492 g/mol. The molecule has 2 amide bonds. The number of carbonyl (C=O) groups excluding carboxylic acids is 4. The molecule has 9 heteroatoms. The molecule has 0 aromatic heterocycles. The number of carbonyl (C=O) groups is 4. The maximum absolute atomic E-state index is 12.4. The molecule has 0 aliphatic carbocycles. The van der Waals surface area contributed by atoms with Gasteiger partial charge in [0.1, 0.15) is 6.10 Å². The molecule has 1 fully saturated rings. The molecule has 1 unspecified atom stereocenters. The fraction of sp³-hybridized carbons (Fsp3) is 0.333. The Bertz CT molecular complexity index is 1000. The predicted molar refractivity (Wildman–Crippen MR) is 125 cm³/mol. The number of nitrogens with zero attached hydrogens (tertiary/aromatic N) is 1. The van der Waals surface area contributed by atoms with Crippen LogP contribution in [0, 0.1) is 0 Å². The van der Waals surface area contributed by atoms with Gasteiger partial charge < -0.3 is 19.7 Å². The third kappa shape index (κ3) is 6.97. The van der Waals surface area contributed by atoms with Crippen LogP contribution in [0.1, 0.15) is 40.5 Å². The summed E-state index contributed by atoms with van der Waals surface area (Å²) >= 11 is 3.30. The largest absolute Gasteiger partial charge is 0.454 e. The first kappa shape index (κ1) is 24.6. The van der Waals surface area contributed by atoms with E-state index >= 15 is 0 Å². The van der Waals surface area contributed by atoms with E-state index in [0.717, 1.165) is 10.9 Å². The Labute approximate surface area is 200 Å². The van der Waals surface area contributed by atoms with Crippen LogP contribution in [0.25, 0.3) is 0 Å². The third-order valence-corrected chi connectivity index (χ3v) is 5.57. The van der Waals surface area contributed by atoms with Crippen LogP contribution in [0.4, 0.5) is 5.69 Å². The fourth-order valence-corrected chi connectivity index (χ4v) is 3.60. The maximum atomic E-state index is 12.4. The molecule has 1 atom stereocenters. The van der Waals surface area contributed by atoms with Gasteiger partial charge in [0, 0.05) is 28.8 Å². The van der Waals surface area contributed by atoms with Crippen LogP contribution in [-0.2, 0) is 19.1 Å². The van der Waals surface area contributed by atoms with Gasteiger partial charge in [-0.25, -0.2) is 4.79 Å². The molecule has 1 saturated heterocycles. The van der Waals surface area contributed by atoms with Crippen LogP contribution in [-0.4, -0.2) is 60.9 Å². The quantitative estimate of drug-likeness (QED) is 0.404. The standard InChI is InChI=1S/C24H25BrN2O6/c1-2-11-27-12-13-32-21(23(27)30)14-22(29)26-19-9-5-17(6-10-19)24(31)33-15-20(28)16-3-7-18(25)8-4-16/h3-10,21H,2,11-15H2,1H3,(H,26,29). The van der Waals surface area contributed by atoms with Crippen molar-refractivity contribution in [2.75, 3.05) is 31.6 Å². The maximum Gasteiger partial charge on any atom is 0.338 e. The lowest BCUT2D eigenvalue weighted by Gasteiger charge is -2.32. The number of hydrogen-bond donors (Lipinski definition) is 1. The summed E-state index contributed by atoms with van der Waals surface area (Å²) in [6.45, 7) is 3.21. The lowest BCUT2D eigenvalue weighted by Crippen LogP contribution is -2.49. The zero-order chi connectivity index (χ0) is 23.8. The van der Waals surface area contributed by atoms with Crippen molar-refractivity contribution < 1.29 is 28.7 Å². The van der Waals surface area contributed by atoms with Gasteiger partial charge in [0.05, 0.1) is 18.6 Å². The third-order valence-electron chi connectivity index (χ3n) is 5.04. The second-order valence-electron chi connectivity index (χ2n) is 7.52. The molecule has 33 heavy (non-hydrogen) atoms. The zero-order valence-electron chi connectivity index (χ0n) is 18.2. The highest BCUT2D eigenvalue weighted by atomic mass is 79.9. The Kier molecular flexibility index (Phi) is 8.73. The highest BCUT2D eigenvalue weighted by molar-refractivity contribution is 9.10. The second-order valence-corrected chi connectivity index (χ2v) is 8.44. The van der Waals surface area contributed by atoms with Gasteiger partial charge in [0.15, 0.2) is 12.4 Å². The number of morpholine rings is 1. The molecule has 2 aromatic carbocycles. The van der Waals surface area contributed by atoms with E-state index in [1.807, 2.05) is 6.92 Å². The van der Waals surface area contributed by atoms with Gasteiger partial charge in [-0.2, -0.15) is 0 Å². The van der Waals surface area contributed by atoms with Gasteiger partial charge in [-0.15, -0.1) is 0 Å². The molecule has 1 N–H and O–H groups in total. The zero-order valence-corrected chi connectivity index (χ0v) is 19.8. The number of Topliss-reactive ketones (excluding diaryl/α,β-unsaturated/α-hetero) is 1. The first-order valence-corrected chi connectivity index (χ1v) is 11.4. The molecule has 0 bridgehead atoms. The summed E-state index contributed by atoms with van der Waals surface area (Å²) in [4.78, 5) is 50.8. The van der Waals surface area contributed by atoms with Crippen molar-refractivity contribution in [1.29, 1.82) is 0 Å². The van der Waals surface area contributed by atoms with Crippen molar-refractivity contribution in [2.45, 2.75) is 25.9 Å². The number of anilines is 1. The molecule has 8 nitrogen and oxygen atoms in total. The summed E-state index contributed by atoms with van der Waals surface area (Å²) in [7, 11) is 0. The summed E-state index contributed by atoms with van der Waals surface area (Å²) in [5, 5.41) is 2.70. The molecule has 1 aliphatic rings. The summed E-state index contributed by atoms with van der Waals surface area (Å²) in [6.07, 6.45) is -0.0263. The van der Waals surface area contributed by atoms with Crippen LogP contribution < -0.4 is 5.32 Å². The van der Waals surface area contributed by atoms with Gasteiger partial charge in [0.2, 0.25) is 5.91 Å². The van der Waals surface area contributed by atoms with Crippen molar-refractivity contribution in [3.63, 3.8) is 0 Å². The summed E-state index contributed by atoms with van der Waals surface area (Å²) in [5.74, 6) is -1.48. The number of ketones is 1. The van der Waals surface area contributed by atoms with E-state index in [4.69, 9.17) is 9.47 Å². The summed E-state index contributed by atoms with van der Waals surface area (Å²) in [5.41, 5.74) is 1.16. The minimum Gasteiger partial charge on any atom is -0.454 e. The first-order chi connectivity index (χ1) is 15.9. The Hall–Kier alpha value is -3.04. The van der Waals surface area contributed by atoms with Gasteiger partial charge in [0.25, 0.3) is 5.91 Å². The van der Waals surface area contributed by atoms with Crippen LogP contribution in [0.5, 0.6) is 0 Å². The highest BCUT2D eigenvalue weighted by Gasteiger charge is 2.30. The van der Waals surface area contributed by atoms with Gasteiger partial charge in [-0.1, -0.05) is 35.0 Å². The fourth-order valence-electron chi connectivity index (χ4n) is 3.33. The minimum absolute atomic E-state index is 0.0823. The Morgan fingerprint density at radius 1 is 1.09 bits per heavy atom. The summed E-state index contributed by atoms with van der Waals surface area (Å²) in [6, 6.07) is 12.9. The molecule has 0 radical (unpaired) electrons. The number of halogens is 1. The topological polar surface area (TPSA) is 102 Å². The van der Waals surface area contributed by atoms with E-state index in [1.165, 1.54) is 12.1 Å². The molecule has 174 valence electrons. The second kappa shape index (κ2) is 11.7. The number of esters is 1. The van der Waals surface area contributed by atoms with E-state index in [0.29, 0.717) is 30.9 Å². The number of benzene rings is 2. The molecule has 1 heterocycles. The average Bonchev–Trinajstić information content (AvgIpc) is 2.81. The van der Waals surface area contributed by atoms with Crippen LogP contribution in [0.3, 0.4) is 0 Å². The Balaban J connectivity index is 1.48. The molecule has 1 aliphatic heterocycles. The number of amides is 2. The molecule has 3 rings (SSSR count). The molecule has 2 aromatic rings. The van der Waals surface area contributed by atoms with Crippen molar-refractivity contribution >= 4 is 45.2 Å². The average molecular weight is 517 g/mol. The van der Waals surface area contributed by atoms with E-state index < -0.39 is 12.1 Å². The van der Waals surface area contributed by atoms with Crippen molar-refractivity contribution in [3.8, 4) is 0 Å². The Morgan fingerprint density at radius 3 is 2.42 bits per heavy atom. The van der Waals surface area contributed by atoms with Crippen LogP contribution in [0.2, 0.25) is 0 Å². The van der Waals surface area contributed by atoms with Crippen LogP contribution in [0.15, 0.2) is 53.0 Å². The number of ether oxygens (including phenoxy) is 2. The molecular formula is C24H25BrN2O6.